The van der Waals surface area contributed by atoms with Gasteiger partial charge in [0.25, 0.3) is 0 Å². The number of rotatable bonds is 1. The van der Waals surface area contributed by atoms with Crippen molar-refractivity contribution in [3.8, 4) is 6.07 Å². The summed E-state index contributed by atoms with van der Waals surface area (Å²) in [7, 11) is 0. The van der Waals surface area contributed by atoms with Crippen molar-refractivity contribution in [2.45, 2.75) is 44.1 Å². The summed E-state index contributed by atoms with van der Waals surface area (Å²) in [4.78, 5) is 0. The van der Waals surface area contributed by atoms with Crippen LogP contribution in [0.15, 0.2) is 21.8 Å². The van der Waals surface area contributed by atoms with Crippen molar-refractivity contribution in [2.24, 2.45) is 5.92 Å². The highest BCUT2D eigenvalue weighted by Gasteiger charge is 2.42. The molecule has 0 bridgehead atoms. The first-order chi connectivity index (χ1) is 10.3. The van der Waals surface area contributed by atoms with Gasteiger partial charge in [-0.2, -0.15) is 10.4 Å². The van der Waals surface area contributed by atoms with Crippen LogP contribution in [0.1, 0.15) is 49.3 Å². The molecule has 0 spiro atoms. The molecule has 3 rings (SSSR count). The van der Waals surface area contributed by atoms with Crippen LogP contribution in [0.3, 0.4) is 0 Å². The Morgan fingerprint density at radius 2 is 2.18 bits per heavy atom. The van der Waals surface area contributed by atoms with E-state index in [9.17, 15) is 5.26 Å². The monoisotopic (exact) mass is 314 g/mol. The van der Waals surface area contributed by atoms with Crippen molar-refractivity contribution >= 4 is 16.8 Å². The van der Waals surface area contributed by atoms with Gasteiger partial charge in [-0.1, -0.05) is 32.5 Å². The van der Waals surface area contributed by atoms with Crippen molar-refractivity contribution in [1.82, 2.24) is 10.2 Å². The summed E-state index contributed by atoms with van der Waals surface area (Å²) in [6, 6.07) is 4.24. The average molecular weight is 314 g/mol. The topological polar surface area (TPSA) is 89.5 Å². The van der Waals surface area contributed by atoms with Gasteiger partial charge < -0.3 is 4.42 Å². The summed E-state index contributed by atoms with van der Waals surface area (Å²) in [5.74, 6) is -0.0485. The number of furan rings is 1. The van der Waals surface area contributed by atoms with Gasteiger partial charge in [0.15, 0.2) is 0 Å². The van der Waals surface area contributed by atoms with Crippen LogP contribution in [0.25, 0.3) is 0 Å². The van der Waals surface area contributed by atoms with Crippen LogP contribution >= 0.6 is 11.8 Å². The largest absolute Gasteiger partial charge is 0.468 e. The highest BCUT2D eigenvalue weighted by Crippen LogP contribution is 2.48. The molecule has 1 unspecified atom stereocenters. The molecule has 2 atom stereocenters. The molecule has 0 aliphatic carbocycles. The number of fused-ring (bicyclic) bond motifs is 1. The fourth-order valence-electron chi connectivity index (χ4n) is 2.94. The van der Waals surface area contributed by atoms with Gasteiger partial charge in [-0.15, -0.1) is 0 Å². The number of hydrogen-bond donors (Lipinski definition) is 2. The Bertz CT molecular complexity index is 775. The molecule has 0 radical (unpaired) electrons. The molecule has 1 aliphatic heterocycles. The lowest BCUT2D eigenvalue weighted by atomic mass is 9.78. The van der Waals surface area contributed by atoms with Crippen molar-refractivity contribution in [3.05, 3.63) is 34.9 Å². The molecule has 22 heavy (non-hydrogen) atoms. The van der Waals surface area contributed by atoms with E-state index in [4.69, 9.17) is 9.83 Å². The Morgan fingerprint density at radius 3 is 2.82 bits per heavy atom. The van der Waals surface area contributed by atoms with Gasteiger partial charge in [0.1, 0.15) is 16.7 Å². The SMILES string of the molecule is Cc1[nH]nc2c1[C@@H](c1occc1C(C)(C)C)C(C#N)C(=N)S2. The predicted octanol–water partition coefficient (Wildman–Crippen LogP) is 3.96. The quantitative estimate of drug-likeness (QED) is 0.833. The van der Waals surface area contributed by atoms with Crippen molar-refractivity contribution in [2.75, 3.05) is 0 Å². The van der Waals surface area contributed by atoms with E-state index in [0.29, 0.717) is 5.04 Å². The van der Waals surface area contributed by atoms with Crippen LogP contribution in [0.2, 0.25) is 0 Å². The van der Waals surface area contributed by atoms with Crippen molar-refractivity contribution in [1.29, 1.82) is 10.7 Å². The first-order valence-corrected chi connectivity index (χ1v) is 7.95. The number of nitrogens with zero attached hydrogens (tertiary/aromatic N) is 2. The fourth-order valence-corrected chi connectivity index (χ4v) is 3.95. The zero-order valence-electron chi connectivity index (χ0n) is 13.0. The number of nitriles is 1. The molecule has 0 amide bonds. The molecule has 3 heterocycles. The summed E-state index contributed by atoms with van der Waals surface area (Å²) in [5, 5.41) is 26.1. The first-order valence-electron chi connectivity index (χ1n) is 7.13. The van der Waals surface area contributed by atoms with Crippen LogP contribution in [0, 0.1) is 29.6 Å². The predicted molar refractivity (Wildman–Crippen MR) is 85.3 cm³/mol. The maximum absolute atomic E-state index is 9.60. The van der Waals surface area contributed by atoms with Gasteiger partial charge in [0, 0.05) is 11.3 Å². The molecule has 114 valence electrons. The second-order valence-corrected chi connectivity index (χ2v) is 7.60. The average Bonchev–Trinajstić information content (AvgIpc) is 3.04. The second-order valence-electron chi connectivity index (χ2n) is 6.57. The highest BCUT2D eigenvalue weighted by atomic mass is 32.2. The molecule has 1 aliphatic rings. The van der Waals surface area contributed by atoms with E-state index >= 15 is 0 Å². The Labute approximate surface area is 133 Å². The zero-order valence-corrected chi connectivity index (χ0v) is 13.8. The number of nitrogens with one attached hydrogen (secondary N) is 2. The van der Waals surface area contributed by atoms with E-state index in [1.807, 2.05) is 13.0 Å². The molecule has 5 nitrogen and oxygen atoms in total. The van der Waals surface area contributed by atoms with E-state index in [1.54, 1.807) is 6.26 Å². The van der Waals surface area contributed by atoms with E-state index in [0.717, 1.165) is 27.6 Å². The molecule has 0 saturated heterocycles. The molecular weight excluding hydrogens is 296 g/mol. The van der Waals surface area contributed by atoms with E-state index in [2.05, 4.69) is 37.0 Å². The Balaban J connectivity index is 2.24. The van der Waals surface area contributed by atoms with Gasteiger partial charge in [-0.25, -0.2) is 0 Å². The number of aromatic nitrogens is 2. The minimum Gasteiger partial charge on any atom is -0.468 e. The third-order valence-electron chi connectivity index (χ3n) is 4.02. The van der Waals surface area contributed by atoms with Crippen LogP contribution in [-0.4, -0.2) is 15.2 Å². The molecule has 0 fully saturated rings. The molecule has 2 aromatic rings. The summed E-state index contributed by atoms with van der Waals surface area (Å²) >= 11 is 1.26. The molecular formula is C16H18N4OS. The molecule has 2 aromatic heterocycles. The summed E-state index contributed by atoms with van der Waals surface area (Å²) < 4.78 is 5.79. The van der Waals surface area contributed by atoms with Gasteiger partial charge in [-0.3, -0.25) is 10.5 Å². The summed E-state index contributed by atoms with van der Waals surface area (Å²) in [6.45, 7) is 8.31. The van der Waals surface area contributed by atoms with E-state index in [-0.39, 0.29) is 11.3 Å². The lowest BCUT2D eigenvalue weighted by Gasteiger charge is -2.29. The summed E-state index contributed by atoms with van der Waals surface area (Å²) in [6.07, 6.45) is 1.67. The molecule has 0 saturated carbocycles. The van der Waals surface area contributed by atoms with Crippen molar-refractivity contribution in [3.63, 3.8) is 0 Å². The van der Waals surface area contributed by atoms with Crippen LogP contribution in [0.5, 0.6) is 0 Å². The van der Waals surface area contributed by atoms with Gasteiger partial charge in [0.05, 0.1) is 23.3 Å². The Morgan fingerprint density at radius 1 is 1.45 bits per heavy atom. The third-order valence-corrected chi connectivity index (χ3v) is 5.00. The number of H-pyrrole nitrogens is 1. The van der Waals surface area contributed by atoms with Crippen LogP contribution < -0.4 is 0 Å². The van der Waals surface area contributed by atoms with E-state index < -0.39 is 5.92 Å². The summed E-state index contributed by atoms with van der Waals surface area (Å²) in [5.41, 5.74) is 2.89. The zero-order chi connectivity index (χ0) is 16.1. The molecule has 0 aromatic carbocycles. The molecule has 6 heteroatoms. The number of thioether (sulfide) groups is 1. The Hall–Kier alpha value is -2.00. The van der Waals surface area contributed by atoms with Gasteiger partial charge >= 0.3 is 0 Å². The van der Waals surface area contributed by atoms with Gasteiger partial charge in [0.2, 0.25) is 0 Å². The lowest BCUT2D eigenvalue weighted by molar-refractivity contribution is 0.447. The van der Waals surface area contributed by atoms with Crippen LogP contribution in [0.4, 0.5) is 0 Å². The standard InChI is InChI=1S/C16H18N4OS/c1-8-11-12(13-10(5-6-21-13)16(2,3)4)9(7-17)14(18)22-15(11)20-19-8/h5-6,9,12,18H,1-4H3,(H,19,20)/t9?,12-/m0/s1. The maximum Gasteiger partial charge on any atom is 0.128 e. The normalized spacial score (nSPS) is 21.5. The van der Waals surface area contributed by atoms with Crippen LogP contribution in [-0.2, 0) is 5.41 Å². The Kier molecular flexibility index (Phi) is 3.41. The second kappa shape index (κ2) is 5.03. The van der Waals surface area contributed by atoms with Crippen molar-refractivity contribution < 1.29 is 4.42 Å². The smallest absolute Gasteiger partial charge is 0.128 e. The lowest BCUT2D eigenvalue weighted by Crippen LogP contribution is -2.26. The van der Waals surface area contributed by atoms with E-state index in [1.165, 1.54) is 11.8 Å². The number of aryl methyl sites for hydroxylation is 1. The van der Waals surface area contributed by atoms with Gasteiger partial charge in [-0.05, 0) is 24.0 Å². The minimum atomic E-state index is -0.541. The minimum absolute atomic E-state index is 0.0904. The highest BCUT2D eigenvalue weighted by molar-refractivity contribution is 8.14. The molecule has 2 N–H and O–H groups in total. The number of hydrogen-bond acceptors (Lipinski definition) is 5. The first kappa shape index (κ1) is 14.9. The maximum atomic E-state index is 9.60. The fraction of sp³-hybridized carbons (Fsp3) is 0.438. The number of aromatic amines is 1. The third kappa shape index (κ3) is 2.17.